The molecular weight excluding hydrogens is 216 g/mol. The van der Waals surface area contributed by atoms with Crippen LogP contribution in [0.2, 0.25) is 5.15 Å². The molecular formula is C9H13ClN4O. The molecule has 0 aliphatic carbocycles. The molecule has 1 rings (SSSR count). The largest absolute Gasteiger partial charge is 0.309 e. The summed E-state index contributed by atoms with van der Waals surface area (Å²) in [5.41, 5.74) is 0. The number of halogens is 1. The lowest BCUT2D eigenvalue weighted by molar-refractivity contribution is -0.116. The summed E-state index contributed by atoms with van der Waals surface area (Å²) in [6, 6.07) is 1.55. The molecule has 0 radical (unpaired) electrons. The van der Waals surface area contributed by atoms with Gasteiger partial charge in [0.25, 0.3) is 0 Å². The Morgan fingerprint density at radius 2 is 2.33 bits per heavy atom. The van der Waals surface area contributed by atoms with E-state index >= 15 is 0 Å². The topological polar surface area (TPSA) is 58.1 Å². The summed E-state index contributed by atoms with van der Waals surface area (Å²) in [5.74, 6) is 0.122. The maximum atomic E-state index is 11.4. The van der Waals surface area contributed by atoms with Gasteiger partial charge in [-0.05, 0) is 20.2 Å². The van der Waals surface area contributed by atoms with Crippen molar-refractivity contribution >= 4 is 23.5 Å². The van der Waals surface area contributed by atoms with E-state index in [9.17, 15) is 4.79 Å². The number of amides is 1. The van der Waals surface area contributed by atoms with Crippen LogP contribution in [0, 0.1) is 0 Å². The van der Waals surface area contributed by atoms with Crippen LogP contribution in [0.5, 0.6) is 0 Å². The van der Waals surface area contributed by atoms with Gasteiger partial charge in [-0.3, -0.25) is 10.1 Å². The maximum absolute atomic E-state index is 11.4. The molecule has 0 saturated carbocycles. The van der Waals surface area contributed by atoms with E-state index in [1.807, 2.05) is 19.0 Å². The molecule has 1 N–H and O–H groups in total. The monoisotopic (exact) mass is 228 g/mol. The van der Waals surface area contributed by atoms with Crippen molar-refractivity contribution in [3.63, 3.8) is 0 Å². The molecule has 0 aromatic carbocycles. The molecule has 1 aromatic heterocycles. The normalized spacial score (nSPS) is 10.4. The van der Waals surface area contributed by atoms with E-state index in [0.29, 0.717) is 18.1 Å². The highest BCUT2D eigenvalue weighted by Gasteiger charge is 2.04. The summed E-state index contributed by atoms with van der Waals surface area (Å²) in [5, 5.41) is 2.88. The average molecular weight is 229 g/mol. The molecule has 0 unspecified atom stereocenters. The Bertz CT molecular complexity index is 343. The maximum Gasteiger partial charge on any atom is 0.230 e. The fourth-order valence-corrected chi connectivity index (χ4v) is 1.05. The lowest BCUT2D eigenvalue weighted by atomic mass is 10.4. The number of nitrogens with zero attached hydrogens (tertiary/aromatic N) is 3. The summed E-state index contributed by atoms with van der Waals surface area (Å²) in [6.07, 6.45) is 1.90. The van der Waals surface area contributed by atoms with Crippen LogP contribution in [0.3, 0.4) is 0 Å². The second-order valence-corrected chi connectivity index (χ2v) is 3.69. The van der Waals surface area contributed by atoms with Gasteiger partial charge in [-0.25, -0.2) is 9.97 Å². The Labute approximate surface area is 93.5 Å². The van der Waals surface area contributed by atoms with Crippen molar-refractivity contribution in [2.24, 2.45) is 0 Å². The first-order valence-corrected chi connectivity index (χ1v) is 4.89. The Kier molecular flexibility index (Phi) is 4.45. The van der Waals surface area contributed by atoms with Crippen molar-refractivity contribution in [1.82, 2.24) is 14.9 Å². The van der Waals surface area contributed by atoms with Gasteiger partial charge >= 0.3 is 0 Å². The predicted molar refractivity (Wildman–Crippen MR) is 58.8 cm³/mol. The van der Waals surface area contributed by atoms with Gasteiger partial charge in [-0.1, -0.05) is 11.6 Å². The van der Waals surface area contributed by atoms with E-state index in [1.165, 1.54) is 6.20 Å². The van der Waals surface area contributed by atoms with Gasteiger partial charge in [-0.15, -0.1) is 0 Å². The van der Waals surface area contributed by atoms with E-state index in [2.05, 4.69) is 15.3 Å². The zero-order valence-electron chi connectivity index (χ0n) is 8.70. The van der Waals surface area contributed by atoms with Crippen LogP contribution in [0.25, 0.3) is 0 Å². The molecule has 0 spiro atoms. The van der Waals surface area contributed by atoms with Crippen LogP contribution >= 0.6 is 11.6 Å². The SMILES string of the molecule is CN(C)CCC(=O)Nc1nccc(Cl)n1. The van der Waals surface area contributed by atoms with Crippen molar-refractivity contribution < 1.29 is 4.79 Å². The molecule has 82 valence electrons. The second kappa shape index (κ2) is 5.63. The van der Waals surface area contributed by atoms with E-state index < -0.39 is 0 Å². The third kappa shape index (κ3) is 4.71. The zero-order chi connectivity index (χ0) is 11.3. The van der Waals surface area contributed by atoms with Gasteiger partial charge in [0.1, 0.15) is 5.15 Å². The fraction of sp³-hybridized carbons (Fsp3) is 0.444. The van der Waals surface area contributed by atoms with E-state index in [-0.39, 0.29) is 11.9 Å². The molecule has 6 heteroatoms. The van der Waals surface area contributed by atoms with E-state index in [0.717, 1.165) is 0 Å². The number of hydrogen-bond acceptors (Lipinski definition) is 4. The molecule has 0 atom stereocenters. The fourth-order valence-electron chi connectivity index (χ4n) is 0.909. The van der Waals surface area contributed by atoms with Crippen LogP contribution in [-0.2, 0) is 4.79 Å². The number of hydrogen-bond donors (Lipinski definition) is 1. The lowest BCUT2D eigenvalue weighted by Gasteiger charge is -2.08. The zero-order valence-corrected chi connectivity index (χ0v) is 9.45. The van der Waals surface area contributed by atoms with Crippen LogP contribution in [0.4, 0.5) is 5.95 Å². The molecule has 0 fully saturated rings. The van der Waals surface area contributed by atoms with Crippen LogP contribution in [-0.4, -0.2) is 41.4 Å². The van der Waals surface area contributed by atoms with Gasteiger partial charge < -0.3 is 4.90 Å². The van der Waals surface area contributed by atoms with Gasteiger partial charge in [0, 0.05) is 19.2 Å². The smallest absolute Gasteiger partial charge is 0.230 e. The highest BCUT2D eigenvalue weighted by atomic mass is 35.5. The number of nitrogens with one attached hydrogen (secondary N) is 1. The highest BCUT2D eigenvalue weighted by Crippen LogP contribution is 2.05. The molecule has 0 saturated heterocycles. The molecule has 1 heterocycles. The Morgan fingerprint density at radius 1 is 1.60 bits per heavy atom. The molecule has 0 aliphatic heterocycles. The number of aromatic nitrogens is 2. The first-order valence-electron chi connectivity index (χ1n) is 4.51. The summed E-state index contributed by atoms with van der Waals surface area (Å²) < 4.78 is 0. The van der Waals surface area contributed by atoms with Crippen LogP contribution in [0.15, 0.2) is 12.3 Å². The minimum absolute atomic E-state index is 0.119. The molecule has 5 nitrogen and oxygen atoms in total. The molecule has 0 aliphatic rings. The average Bonchev–Trinajstić information content (AvgIpc) is 2.15. The predicted octanol–water partition coefficient (Wildman–Crippen LogP) is 1.02. The molecule has 1 amide bonds. The lowest BCUT2D eigenvalue weighted by Crippen LogP contribution is -2.21. The van der Waals surface area contributed by atoms with Gasteiger partial charge in [0.05, 0.1) is 0 Å². The highest BCUT2D eigenvalue weighted by molar-refractivity contribution is 6.29. The number of rotatable bonds is 4. The van der Waals surface area contributed by atoms with Crippen molar-refractivity contribution in [3.8, 4) is 0 Å². The summed E-state index contributed by atoms with van der Waals surface area (Å²) in [7, 11) is 3.81. The summed E-state index contributed by atoms with van der Waals surface area (Å²) >= 11 is 5.65. The first kappa shape index (κ1) is 11.9. The minimum Gasteiger partial charge on any atom is -0.309 e. The van der Waals surface area contributed by atoms with Gasteiger partial charge in [0.2, 0.25) is 11.9 Å². The molecule has 0 bridgehead atoms. The second-order valence-electron chi connectivity index (χ2n) is 3.30. The van der Waals surface area contributed by atoms with Crippen LogP contribution < -0.4 is 5.32 Å². The van der Waals surface area contributed by atoms with Gasteiger partial charge in [-0.2, -0.15) is 0 Å². The number of carbonyl (C=O) groups is 1. The summed E-state index contributed by atoms with van der Waals surface area (Å²) in [6.45, 7) is 0.687. The third-order valence-electron chi connectivity index (χ3n) is 1.66. The molecule has 1 aromatic rings. The number of carbonyl (C=O) groups excluding carboxylic acids is 1. The Morgan fingerprint density at radius 3 is 2.93 bits per heavy atom. The quantitative estimate of drug-likeness (QED) is 0.782. The minimum atomic E-state index is -0.119. The van der Waals surface area contributed by atoms with Crippen molar-refractivity contribution in [2.45, 2.75) is 6.42 Å². The first-order chi connectivity index (χ1) is 7.08. The summed E-state index contributed by atoms with van der Waals surface area (Å²) in [4.78, 5) is 21.0. The van der Waals surface area contributed by atoms with E-state index in [1.54, 1.807) is 6.07 Å². The van der Waals surface area contributed by atoms with Gasteiger partial charge in [0.15, 0.2) is 0 Å². The van der Waals surface area contributed by atoms with Crippen molar-refractivity contribution in [2.75, 3.05) is 26.0 Å². The third-order valence-corrected chi connectivity index (χ3v) is 1.87. The van der Waals surface area contributed by atoms with Crippen molar-refractivity contribution in [1.29, 1.82) is 0 Å². The molecule has 15 heavy (non-hydrogen) atoms. The standard InChI is InChI=1S/C9H13ClN4O/c1-14(2)6-4-8(15)13-9-11-5-3-7(10)12-9/h3,5H,4,6H2,1-2H3,(H,11,12,13,15). The Hall–Kier alpha value is -1.20. The van der Waals surface area contributed by atoms with Crippen molar-refractivity contribution in [3.05, 3.63) is 17.4 Å². The van der Waals surface area contributed by atoms with Crippen LogP contribution in [0.1, 0.15) is 6.42 Å². The Balaban J connectivity index is 2.44. The number of anilines is 1. The van der Waals surface area contributed by atoms with E-state index in [4.69, 9.17) is 11.6 Å².